The molecule has 0 amide bonds. The zero-order valence-electron chi connectivity index (χ0n) is 11.6. The van der Waals surface area contributed by atoms with E-state index in [2.05, 4.69) is 0 Å². The number of ether oxygens (including phenoxy) is 1. The van der Waals surface area contributed by atoms with E-state index in [1.54, 1.807) is 19.2 Å². The lowest BCUT2D eigenvalue weighted by molar-refractivity contribution is 0.415. The number of halogens is 1. The van der Waals surface area contributed by atoms with Gasteiger partial charge in [-0.3, -0.25) is 4.79 Å². The van der Waals surface area contributed by atoms with E-state index in [0.29, 0.717) is 21.8 Å². The first kappa shape index (κ1) is 13.7. The highest BCUT2D eigenvalue weighted by atomic mass is 35.5. The average Bonchev–Trinajstić information content (AvgIpc) is 2.48. The second kappa shape index (κ2) is 5.26. The maximum Gasteiger partial charge on any atom is 0.193 e. The minimum absolute atomic E-state index is 0.104. The summed E-state index contributed by atoms with van der Waals surface area (Å²) < 4.78 is 11.0. The molecule has 2 aromatic carbocycles. The van der Waals surface area contributed by atoms with E-state index in [1.807, 2.05) is 31.2 Å². The molecule has 21 heavy (non-hydrogen) atoms. The van der Waals surface area contributed by atoms with E-state index in [9.17, 15) is 4.79 Å². The first-order chi connectivity index (χ1) is 10.1. The molecule has 4 heteroatoms. The number of aryl methyl sites for hydroxylation is 1. The van der Waals surface area contributed by atoms with Crippen molar-refractivity contribution in [2.24, 2.45) is 0 Å². The Morgan fingerprint density at radius 2 is 1.81 bits per heavy atom. The van der Waals surface area contributed by atoms with Crippen LogP contribution in [0.4, 0.5) is 0 Å². The topological polar surface area (TPSA) is 39.4 Å². The predicted octanol–water partition coefficient (Wildman–Crippen LogP) is 4.43. The Hall–Kier alpha value is -2.26. The number of hydrogen-bond acceptors (Lipinski definition) is 3. The Morgan fingerprint density at radius 3 is 2.48 bits per heavy atom. The highest BCUT2D eigenvalue weighted by Gasteiger charge is 2.10. The largest absolute Gasteiger partial charge is 0.497 e. The van der Waals surface area contributed by atoms with Gasteiger partial charge in [-0.1, -0.05) is 11.6 Å². The van der Waals surface area contributed by atoms with Gasteiger partial charge in [0.05, 0.1) is 12.5 Å². The molecule has 3 aromatic rings. The summed E-state index contributed by atoms with van der Waals surface area (Å²) >= 11 is 5.99. The van der Waals surface area contributed by atoms with Crippen molar-refractivity contribution in [2.45, 2.75) is 6.92 Å². The number of hydrogen-bond donors (Lipinski definition) is 0. The van der Waals surface area contributed by atoms with E-state index in [0.717, 1.165) is 16.9 Å². The maximum absolute atomic E-state index is 12.3. The van der Waals surface area contributed by atoms with E-state index in [1.165, 1.54) is 6.07 Å². The van der Waals surface area contributed by atoms with E-state index in [-0.39, 0.29) is 5.43 Å². The van der Waals surface area contributed by atoms with E-state index >= 15 is 0 Å². The molecule has 0 saturated carbocycles. The lowest BCUT2D eigenvalue weighted by atomic mass is 10.1. The molecule has 0 aliphatic carbocycles. The molecule has 1 heterocycles. The number of rotatable bonds is 2. The summed E-state index contributed by atoms with van der Waals surface area (Å²) in [5, 5.41) is 1.03. The molecule has 0 saturated heterocycles. The summed E-state index contributed by atoms with van der Waals surface area (Å²) in [5.74, 6) is 1.28. The number of fused-ring (bicyclic) bond motifs is 1. The lowest BCUT2D eigenvalue weighted by Gasteiger charge is -2.06. The standard InChI is InChI=1S/C17H13ClO3/c1-10-7-12(18)8-14-15(19)9-16(21-17(10)14)11-3-5-13(20-2)6-4-11/h3-9H,1-2H3. The van der Waals surface area contributed by atoms with Crippen molar-refractivity contribution in [1.29, 1.82) is 0 Å². The molecule has 0 N–H and O–H groups in total. The van der Waals surface area contributed by atoms with E-state index in [4.69, 9.17) is 20.8 Å². The summed E-state index contributed by atoms with van der Waals surface area (Å²) in [6.07, 6.45) is 0. The van der Waals surface area contributed by atoms with Crippen LogP contribution in [-0.4, -0.2) is 7.11 Å². The maximum atomic E-state index is 12.3. The van der Waals surface area contributed by atoms with Crippen LogP contribution < -0.4 is 10.2 Å². The van der Waals surface area contributed by atoms with Gasteiger partial charge in [0.15, 0.2) is 5.43 Å². The van der Waals surface area contributed by atoms with Gasteiger partial charge < -0.3 is 9.15 Å². The Labute approximate surface area is 126 Å². The molecule has 0 radical (unpaired) electrons. The van der Waals surface area contributed by atoms with Crippen LogP contribution in [-0.2, 0) is 0 Å². The lowest BCUT2D eigenvalue weighted by Crippen LogP contribution is -2.01. The van der Waals surface area contributed by atoms with Gasteiger partial charge in [0.1, 0.15) is 17.1 Å². The normalized spacial score (nSPS) is 10.8. The van der Waals surface area contributed by atoms with Crippen LogP contribution in [0.15, 0.2) is 51.7 Å². The fourth-order valence-corrected chi connectivity index (χ4v) is 2.55. The first-order valence-electron chi connectivity index (χ1n) is 6.47. The molecule has 106 valence electrons. The van der Waals surface area contributed by atoms with Crippen LogP contribution in [0.3, 0.4) is 0 Å². The second-order valence-electron chi connectivity index (χ2n) is 4.80. The molecule has 1 aromatic heterocycles. The minimum Gasteiger partial charge on any atom is -0.497 e. The van der Waals surface area contributed by atoms with Crippen LogP contribution in [0.5, 0.6) is 5.75 Å². The van der Waals surface area contributed by atoms with Gasteiger partial charge in [-0.15, -0.1) is 0 Å². The van der Waals surface area contributed by atoms with Crippen LogP contribution in [0.25, 0.3) is 22.3 Å². The molecule has 0 atom stereocenters. The Kier molecular flexibility index (Phi) is 3.43. The Bertz CT molecular complexity index is 864. The molecule has 0 bridgehead atoms. The van der Waals surface area contributed by atoms with Crippen molar-refractivity contribution in [3.05, 3.63) is 63.3 Å². The Balaban J connectivity index is 2.22. The molecule has 3 nitrogen and oxygen atoms in total. The fourth-order valence-electron chi connectivity index (χ4n) is 2.28. The molecule has 0 aliphatic heterocycles. The van der Waals surface area contributed by atoms with Crippen LogP contribution in [0.1, 0.15) is 5.56 Å². The van der Waals surface area contributed by atoms with Gasteiger partial charge in [0, 0.05) is 16.7 Å². The predicted molar refractivity (Wildman–Crippen MR) is 84.2 cm³/mol. The van der Waals surface area contributed by atoms with Gasteiger partial charge in [-0.2, -0.15) is 0 Å². The minimum atomic E-state index is -0.104. The first-order valence-corrected chi connectivity index (χ1v) is 6.85. The van der Waals surface area contributed by atoms with Crippen molar-refractivity contribution in [3.63, 3.8) is 0 Å². The van der Waals surface area contributed by atoms with Gasteiger partial charge in [0.25, 0.3) is 0 Å². The summed E-state index contributed by atoms with van der Waals surface area (Å²) in [4.78, 5) is 12.3. The quantitative estimate of drug-likeness (QED) is 0.703. The Morgan fingerprint density at radius 1 is 1.10 bits per heavy atom. The van der Waals surface area contributed by atoms with Crippen molar-refractivity contribution >= 4 is 22.6 Å². The second-order valence-corrected chi connectivity index (χ2v) is 5.24. The zero-order valence-corrected chi connectivity index (χ0v) is 12.4. The average molecular weight is 301 g/mol. The molecule has 0 unspecified atom stereocenters. The van der Waals surface area contributed by atoms with Gasteiger partial charge in [0.2, 0.25) is 0 Å². The third-order valence-electron chi connectivity index (χ3n) is 3.35. The zero-order chi connectivity index (χ0) is 15.0. The fraction of sp³-hybridized carbons (Fsp3) is 0.118. The highest BCUT2D eigenvalue weighted by molar-refractivity contribution is 6.31. The third kappa shape index (κ3) is 2.52. The summed E-state index contributed by atoms with van der Waals surface area (Å²) in [7, 11) is 1.61. The molecular formula is C17H13ClO3. The smallest absolute Gasteiger partial charge is 0.193 e. The molecule has 0 aliphatic rings. The summed E-state index contributed by atoms with van der Waals surface area (Å²) in [5.41, 5.74) is 2.12. The molecule has 0 fully saturated rings. The van der Waals surface area contributed by atoms with Crippen LogP contribution in [0, 0.1) is 6.92 Å². The third-order valence-corrected chi connectivity index (χ3v) is 3.57. The SMILES string of the molecule is COc1ccc(-c2cc(=O)c3cc(Cl)cc(C)c3o2)cc1. The number of benzene rings is 2. The molecular weight excluding hydrogens is 288 g/mol. The summed E-state index contributed by atoms with van der Waals surface area (Å²) in [6, 6.07) is 12.3. The van der Waals surface area contributed by atoms with Gasteiger partial charge >= 0.3 is 0 Å². The van der Waals surface area contributed by atoms with Crippen molar-refractivity contribution < 1.29 is 9.15 Å². The van der Waals surface area contributed by atoms with E-state index < -0.39 is 0 Å². The van der Waals surface area contributed by atoms with Crippen molar-refractivity contribution in [3.8, 4) is 17.1 Å². The van der Waals surface area contributed by atoms with Gasteiger partial charge in [-0.05, 0) is 48.9 Å². The molecule has 3 rings (SSSR count). The van der Waals surface area contributed by atoms with Crippen molar-refractivity contribution in [1.82, 2.24) is 0 Å². The van der Waals surface area contributed by atoms with Crippen molar-refractivity contribution in [2.75, 3.05) is 7.11 Å². The number of methoxy groups -OCH3 is 1. The highest BCUT2D eigenvalue weighted by Crippen LogP contribution is 2.27. The van der Waals surface area contributed by atoms with Crippen LogP contribution >= 0.6 is 11.6 Å². The van der Waals surface area contributed by atoms with Gasteiger partial charge in [-0.25, -0.2) is 0 Å². The van der Waals surface area contributed by atoms with Crippen LogP contribution in [0.2, 0.25) is 5.02 Å². The molecule has 0 spiro atoms. The monoisotopic (exact) mass is 300 g/mol. The summed E-state index contributed by atoms with van der Waals surface area (Å²) in [6.45, 7) is 1.87.